The van der Waals surface area contributed by atoms with Crippen LogP contribution in [0.2, 0.25) is 0 Å². The molecule has 1 atom stereocenters. The number of halogens is 1. The number of nitrogens with zero attached hydrogens (tertiary/aromatic N) is 1. The number of hydrogen-bond donors (Lipinski definition) is 1. The molecule has 8 heteroatoms. The Balaban J connectivity index is 1.50. The molecular formula is C20H15BrN2O4S. The third kappa shape index (κ3) is 3.79. The summed E-state index contributed by atoms with van der Waals surface area (Å²) in [5.74, 6) is 0.454. The Labute approximate surface area is 173 Å². The van der Waals surface area contributed by atoms with Gasteiger partial charge in [-0.15, -0.1) is 11.3 Å². The minimum atomic E-state index is -0.426. The Kier molecular flexibility index (Phi) is 5.15. The monoisotopic (exact) mass is 458 g/mol. The molecule has 3 aromatic rings. The topological polar surface area (TPSA) is 81.5 Å². The number of rotatable bonds is 5. The SMILES string of the molecule is O=C1c2cc(Br)ccc2OCC1Cc1sccc1Nc1ccc([N+](=O)[O-])cc1. The number of benzene rings is 2. The second kappa shape index (κ2) is 7.73. The number of thiophene rings is 1. The molecule has 6 nitrogen and oxygen atoms in total. The number of carbonyl (C=O) groups is 1. The Morgan fingerprint density at radius 2 is 2.00 bits per heavy atom. The van der Waals surface area contributed by atoms with Crippen molar-refractivity contribution in [1.29, 1.82) is 0 Å². The molecular weight excluding hydrogens is 444 g/mol. The molecule has 4 rings (SSSR count). The zero-order chi connectivity index (χ0) is 19.7. The molecule has 0 radical (unpaired) electrons. The van der Waals surface area contributed by atoms with E-state index >= 15 is 0 Å². The van der Waals surface area contributed by atoms with Crippen molar-refractivity contribution in [2.75, 3.05) is 11.9 Å². The van der Waals surface area contributed by atoms with Crippen molar-refractivity contribution >= 4 is 50.1 Å². The number of fused-ring (bicyclic) bond motifs is 1. The number of nitrogens with one attached hydrogen (secondary N) is 1. The molecule has 0 bridgehead atoms. The summed E-state index contributed by atoms with van der Waals surface area (Å²) >= 11 is 4.97. The van der Waals surface area contributed by atoms with E-state index < -0.39 is 4.92 Å². The molecule has 28 heavy (non-hydrogen) atoms. The summed E-state index contributed by atoms with van der Waals surface area (Å²) in [5.41, 5.74) is 2.30. The molecule has 1 aromatic heterocycles. The van der Waals surface area contributed by atoms with Gasteiger partial charge in [0.2, 0.25) is 0 Å². The fourth-order valence-corrected chi connectivity index (χ4v) is 4.39. The van der Waals surface area contributed by atoms with Crippen LogP contribution >= 0.6 is 27.3 Å². The van der Waals surface area contributed by atoms with Crippen LogP contribution in [0.15, 0.2) is 58.4 Å². The lowest BCUT2D eigenvalue weighted by Gasteiger charge is -2.24. The maximum Gasteiger partial charge on any atom is 0.269 e. The van der Waals surface area contributed by atoms with Crippen LogP contribution in [0.4, 0.5) is 17.1 Å². The predicted octanol–water partition coefficient (Wildman–Crippen LogP) is 5.60. The van der Waals surface area contributed by atoms with Gasteiger partial charge in [0, 0.05) is 27.2 Å². The van der Waals surface area contributed by atoms with Crippen molar-refractivity contribution in [3.8, 4) is 5.75 Å². The number of hydrogen-bond acceptors (Lipinski definition) is 6. The van der Waals surface area contributed by atoms with Gasteiger partial charge in [0.05, 0.1) is 28.7 Å². The zero-order valence-corrected chi connectivity index (χ0v) is 17.0. The number of carbonyl (C=O) groups excluding carboxylic acids is 1. The fourth-order valence-electron chi connectivity index (χ4n) is 3.11. The van der Waals surface area contributed by atoms with Gasteiger partial charge in [0.15, 0.2) is 5.78 Å². The number of nitro benzene ring substituents is 1. The van der Waals surface area contributed by atoms with Gasteiger partial charge in [-0.1, -0.05) is 15.9 Å². The van der Waals surface area contributed by atoms with Gasteiger partial charge < -0.3 is 10.1 Å². The highest BCUT2D eigenvalue weighted by atomic mass is 79.9. The van der Waals surface area contributed by atoms with Crippen LogP contribution in [0.1, 0.15) is 15.2 Å². The first kappa shape index (κ1) is 18.6. The van der Waals surface area contributed by atoms with Crippen molar-refractivity contribution < 1.29 is 14.5 Å². The summed E-state index contributed by atoms with van der Waals surface area (Å²) in [6.45, 7) is 0.350. The Morgan fingerprint density at radius 1 is 1.21 bits per heavy atom. The maximum atomic E-state index is 12.9. The average molecular weight is 459 g/mol. The number of non-ortho nitro benzene ring substituents is 1. The van der Waals surface area contributed by atoms with Crippen molar-refractivity contribution in [1.82, 2.24) is 0 Å². The third-order valence-electron chi connectivity index (χ3n) is 4.55. The highest BCUT2D eigenvalue weighted by Crippen LogP contribution is 2.34. The van der Waals surface area contributed by atoms with Crippen LogP contribution in [0.5, 0.6) is 5.75 Å². The van der Waals surface area contributed by atoms with E-state index in [9.17, 15) is 14.9 Å². The van der Waals surface area contributed by atoms with Crippen LogP contribution in [0.25, 0.3) is 0 Å². The molecule has 0 aliphatic carbocycles. The van der Waals surface area contributed by atoms with E-state index in [4.69, 9.17) is 4.74 Å². The number of nitro groups is 1. The van der Waals surface area contributed by atoms with Crippen LogP contribution < -0.4 is 10.1 Å². The molecule has 142 valence electrons. The molecule has 0 amide bonds. The summed E-state index contributed by atoms with van der Waals surface area (Å²) in [5, 5.41) is 16.0. The maximum absolute atomic E-state index is 12.9. The van der Waals surface area contributed by atoms with Crippen molar-refractivity contribution in [3.05, 3.63) is 78.9 Å². The largest absolute Gasteiger partial charge is 0.492 e. The number of anilines is 2. The Bertz CT molecular complexity index is 1050. The highest BCUT2D eigenvalue weighted by molar-refractivity contribution is 9.10. The molecule has 1 aliphatic rings. The van der Waals surface area contributed by atoms with Gasteiger partial charge in [0.1, 0.15) is 5.75 Å². The summed E-state index contributed by atoms with van der Waals surface area (Å²) < 4.78 is 6.63. The molecule has 0 saturated heterocycles. The van der Waals surface area contributed by atoms with Crippen LogP contribution in [-0.4, -0.2) is 17.3 Å². The minimum Gasteiger partial charge on any atom is -0.492 e. The summed E-state index contributed by atoms with van der Waals surface area (Å²) in [6, 6.07) is 13.7. The second-order valence-corrected chi connectivity index (χ2v) is 8.32. The van der Waals surface area contributed by atoms with E-state index in [0.29, 0.717) is 24.3 Å². The van der Waals surface area contributed by atoms with Crippen molar-refractivity contribution in [2.24, 2.45) is 5.92 Å². The van der Waals surface area contributed by atoms with Gasteiger partial charge in [-0.3, -0.25) is 14.9 Å². The van der Waals surface area contributed by atoms with E-state index in [1.165, 1.54) is 12.1 Å². The van der Waals surface area contributed by atoms with Crippen LogP contribution in [0, 0.1) is 16.0 Å². The van der Waals surface area contributed by atoms with Crippen molar-refractivity contribution in [3.63, 3.8) is 0 Å². The Morgan fingerprint density at radius 3 is 2.75 bits per heavy atom. The first-order chi connectivity index (χ1) is 13.5. The molecule has 2 heterocycles. The van der Waals surface area contributed by atoms with E-state index in [2.05, 4.69) is 21.2 Å². The first-order valence-corrected chi connectivity index (χ1v) is 10.2. The van der Waals surface area contributed by atoms with E-state index in [0.717, 1.165) is 20.7 Å². The molecule has 1 N–H and O–H groups in total. The van der Waals surface area contributed by atoms with Crippen molar-refractivity contribution in [2.45, 2.75) is 6.42 Å². The van der Waals surface area contributed by atoms with Gasteiger partial charge in [-0.05, 0) is 48.2 Å². The third-order valence-corrected chi connectivity index (χ3v) is 5.99. The van der Waals surface area contributed by atoms with Gasteiger partial charge >= 0.3 is 0 Å². The molecule has 0 fully saturated rings. The summed E-state index contributed by atoms with van der Waals surface area (Å²) in [6.07, 6.45) is 0.567. The van der Waals surface area contributed by atoms with Crippen LogP contribution in [-0.2, 0) is 6.42 Å². The smallest absolute Gasteiger partial charge is 0.269 e. The van der Waals surface area contributed by atoms with E-state index in [-0.39, 0.29) is 17.4 Å². The minimum absolute atomic E-state index is 0.0471. The lowest BCUT2D eigenvalue weighted by Crippen LogP contribution is -2.29. The predicted molar refractivity (Wildman–Crippen MR) is 112 cm³/mol. The molecule has 1 aliphatic heterocycles. The number of ether oxygens (including phenoxy) is 1. The molecule has 1 unspecified atom stereocenters. The fraction of sp³-hybridized carbons (Fsp3) is 0.150. The normalized spacial score (nSPS) is 15.6. The van der Waals surface area contributed by atoms with E-state index in [1.54, 1.807) is 35.6 Å². The molecule has 0 spiro atoms. The first-order valence-electron chi connectivity index (χ1n) is 8.55. The van der Waals surface area contributed by atoms with Gasteiger partial charge in [0.25, 0.3) is 5.69 Å². The zero-order valence-electron chi connectivity index (χ0n) is 14.6. The lowest BCUT2D eigenvalue weighted by atomic mass is 9.92. The highest BCUT2D eigenvalue weighted by Gasteiger charge is 2.30. The molecule has 0 saturated carbocycles. The second-order valence-electron chi connectivity index (χ2n) is 6.40. The summed E-state index contributed by atoms with van der Waals surface area (Å²) in [4.78, 5) is 24.3. The molecule has 2 aromatic carbocycles. The number of ketones is 1. The van der Waals surface area contributed by atoms with Gasteiger partial charge in [-0.25, -0.2) is 0 Å². The quantitative estimate of drug-likeness (QED) is 0.397. The van der Waals surface area contributed by atoms with Gasteiger partial charge in [-0.2, -0.15) is 0 Å². The Hall–Kier alpha value is -2.71. The summed E-state index contributed by atoms with van der Waals surface area (Å²) in [7, 11) is 0. The standard InChI is InChI=1S/C20H15BrN2O4S/c21-13-1-6-18-16(10-13)20(24)12(11-27-18)9-19-17(7-8-28-19)22-14-2-4-15(5-3-14)23(25)26/h1-8,10,12,22H,9,11H2. The lowest BCUT2D eigenvalue weighted by molar-refractivity contribution is -0.384. The van der Waals surface area contributed by atoms with E-state index in [1.807, 2.05) is 17.5 Å². The van der Waals surface area contributed by atoms with Crippen LogP contribution in [0.3, 0.4) is 0 Å². The number of Topliss-reactive ketones (excluding diaryl/α,β-unsaturated/α-hetero) is 1. The average Bonchev–Trinajstić information content (AvgIpc) is 3.11.